The lowest BCUT2D eigenvalue weighted by Crippen LogP contribution is -2.57. The minimum absolute atomic E-state index is 0.0796. The standard InChI is InChI=1S/C28H28FN3O6/c1-34-9-10-35-19-4-2-3-18(11-19)16-5-7-17(8-6-16)26-20(29)12-21-22(32-26)13-25(31-21)38-24-15-36-27-23(33)14-37-28(24,27)30/h2-8,11-13,23-24,27,31,33H,9-10,14-15,30H2,1H3/t23-,24-,27-,28-/m1/s1. The smallest absolute Gasteiger partial charge is 0.194 e. The van der Waals surface area contributed by atoms with Gasteiger partial charge in [-0.2, -0.15) is 0 Å². The van der Waals surface area contributed by atoms with E-state index >= 15 is 4.39 Å². The number of aliphatic hydroxyl groups is 1. The lowest BCUT2D eigenvalue weighted by atomic mass is 10.0. The van der Waals surface area contributed by atoms with Gasteiger partial charge < -0.3 is 33.8 Å². The van der Waals surface area contributed by atoms with Crippen molar-refractivity contribution in [1.29, 1.82) is 0 Å². The van der Waals surface area contributed by atoms with E-state index in [9.17, 15) is 5.11 Å². The molecule has 10 heteroatoms. The van der Waals surface area contributed by atoms with Crippen LogP contribution in [-0.2, 0) is 14.2 Å². The predicted octanol–water partition coefficient (Wildman–Crippen LogP) is 3.25. The molecule has 38 heavy (non-hydrogen) atoms. The lowest BCUT2D eigenvalue weighted by molar-refractivity contribution is -0.0637. The van der Waals surface area contributed by atoms with Crippen LogP contribution < -0.4 is 15.2 Å². The van der Waals surface area contributed by atoms with Crippen molar-refractivity contribution in [3.05, 3.63) is 66.5 Å². The predicted molar refractivity (Wildman–Crippen MR) is 137 cm³/mol. The number of rotatable bonds is 8. The molecule has 4 aromatic rings. The molecule has 2 saturated heterocycles. The summed E-state index contributed by atoms with van der Waals surface area (Å²) >= 11 is 0. The topological polar surface area (TPSA) is 121 Å². The van der Waals surface area contributed by atoms with E-state index in [-0.39, 0.29) is 18.9 Å². The summed E-state index contributed by atoms with van der Waals surface area (Å²) in [6.45, 7) is 1.22. The molecule has 2 aromatic heterocycles. The van der Waals surface area contributed by atoms with Gasteiger partial charge in [0.1, 0.15) is 30.3 Å². The SMILES string of the molecule is COCCOc1cccc(-c2ccc(-c3nc4cc(O[C@@H]5CO[C@@H]6[C@H](O)CO[C@@]65N)[nH]c4cc3F)cc2)c1. The van der Waals surface area contributed by atoms with Crippen LogP contribution in [0.2, 0.25) is 0 Å². The highest BCUT2D eigenvalue weighted by Gasteiger charge is 2.59. The van der Waals surface area contributed by atoms with Crippen molar-refractivity contribution in [2.75, 3.05) is 33.5 Å². The van der Waals surface area contributed by atoms with Gasteiger partial charge in [0, 0.05) is 24.8 Å². The van der Waals surface area contributed by atoms with E-state index in [1.54, 1.807) is 13.2 Å². The van der Waals surface area contributed by atoms with Gasteiger partial charge in [-0.05, 0) is 23.3 Å². The summed E-state index contributed by atoms with van der Waals surface area (Å²) in [6.07, 6.45) is -2.11. The fourth-order valence-electron chi connectivity index (χ4n) is 4.92. The number of hydrogen-bond donors (Lipinski definition) is 3. The van der Waals surface area contributed by atoms with Crippen LogP contribution in [0.25, 0.3) is 33.4 Å². The maximum Gasteiger partial charge on any atom is 0.194 e. The Hall–Kier alpha value is -3.54. The Morgan fingerprint density at radius 3 is 2.71 bits per heavy atom. The number of aromatic amines is 1. The van der Waals surface area contributed by atoms with Gasteiger partial charge in [0.15, 0.2) is 23.5 Å². The summed E-state index contributed by atoms with van der Waals surface area (Å²) in [4.78, 5) is 7.57. The average molecular weight is 522 g/mol. The van der Waals surface area contributed by atoms with E-state index in [2.05, 4.69) is 9.97 Å². The molecule has 0 aliphatic carbocycles. The van der Waals surface area contributed by atoms with E-state index in [1.165, 1.54) is 6.07 Å². The lowest BCUT2D eigenvalue weighted by Gasteiger charge is -2.27. The zero-order chi connectivity index (χ0) is 26.3. The normalized spacial score (nSPS) is 24.6. The maximum atomic E-state index is 15.1. The first kappa shape index (κ1) is 24.8. The number of halogens is 1. The quantitative estimate of drug-likeness (QED) is 0.302. The second-order valence-electron chi connectivity index (χ2n) is 9.42. The van der Waals surface area contributed by atoms with Crippen molar-refractivity contribution in [3.8, 4) is 34.0 Å². The minimum Gasteiger partial charge on any atom is -0.491 e. The Morgan fingerprint density at radius 2 is 1.89 bits per heavy atom. The number of nitrogens with zero attached hydrogens (tertiary/aromatic N) is 1. The molecule has 2 aliphatic heterocycles. The van der Waals surface area contributed by atoms with Crippen LogP contribution in [0.4, 0.5) is 4.39 Å². The van der Waals surface area contributed by atoms with Crippen molar-refractivity contribution in [1.82, 2.24) is 9.97 Å². The van der Waals surface area contributed by atoms with E-state index in [4.69, 9.17) is 29.4 Å². The number of nitrogens with one attached hydrogen (secondary N) is 1. The summed E-state index contributed by atoms with van der Waals surface area (Å²) < 4.78 is 43.0. The minimum atomic E-state index is -1.25. The number of methoxy groups -OCH3 is 1. The van der Waals surface area contributed by atoms with E-state index < -0.39 is 29.9 Å². The number of hydrogen-bond acceptors (Lipinski definition) is 8. The monoisotopic (exact) mass is 521 g/mol. The van der Waals surface area contributed by atoms with Crippen molar-refractivity contribution in [2.24, 2.45) is 5.73 Å². The number of ether oxygens (including phenoxy) is 5. The largest absolute Gasteiger partial charge is 0.491 e. The summed E-state index contributed by atoms with van der Waals surface area (Å²) in [5.41, 5.74) is 8.92. The highest BCUT2D eigenvalue weighted by atomic mass is 19.1. The second kappa shape index (κ2) is 9.97. The second-order valence-corrected chi connectivity index (χ2v) is 9.42. The molecule has 0 unspecified atom stereocenters. The Balaban J connectivity index is 1.21. The Morgan fingerprint density at radius 1 is 1.08 bits per heavy atom. The molecule has 2 aromatic carbocycles. The average Bonchev–Trinajstić information content (AvgIpc) is 3.56. The summed E-state index contributed by atoms with van der Waals surface area (Å²) in [5.74, 6) is 0.647. The first-order valence-electron chi connectivity index (χ1n) is 12.4. The molecule has 0 spiro atoms. The number of nitrogens with two attached hydrogens (primary N) is 1. The van der Waals surface area contributed by atoms with Crippen LogP contribution in [0.1, 0.15) is 0 Å². The van der Waals surface area contributed by atoms with E-state index in [0.717, 1.165) is 16.9 Å². The Labute approximate surface area is 218 Å². The van der Waals surface area contributed by atoms with Crippen LogP contribution >= 0.6 is 0 Å². The number of fused-ring (bicyclic) bond motifs is 2. The van der Waals surface area contributed by atoms with Crippen molar-refractivity contribution >= 4 is 11.0 Å². The van der Waals surface area contributed by atoms with Gasteiger partial charge in [-0.1, -0.05) is 36.4 Å². The van der Waals surface area contributed by atoms with Crippen LogP contribution in [-0.4, -0.2) is 72.6 Å². The number of pyridine rings is 1. The van der Waals surface area contributed by atoms with Gasteiger partial charge in [-0.3, -0.25) is 5.73 Å². The van der Waals surface area contributed by atoms with Gasteiger partial charge >= 0.3 is 0 Å². The highest BCUT2D eigenvalue weighted by Crippen LogP contribution is 2.36. The molecule has 6 rings (SSSR count). The molecule has 2 aliphatic rings. The first-order valence-corrected chi connectivity index (χ1v) is 12.4. The zero-order valence-electron chi connectivity index (χ0n) is 20.7. The van der Waals surface area contributed by atoms with Gasteiger partial charge in [0.2, 0.25) is 0 Å². The molecule has 0 saturated carbocycles. The first-order chi connectivity index (χ1) is 18.4. The fourth-order valence-corrected chi connectivity index (χ4v) is 4.92. The third kappa shape index (κ3) is 4.50. The third-order valence-electron chi connectivity index (χ3n) is 6.91. The molecule has 198 valence electrons. The molecule has 0 radical (unpaired) electrons. The molecule has 0 amide bonds. The maximum absolute atomic E-state index is 15.1. The van der Waals surface area contributed by atoms with Gasteiger partial charge in [-0.15, -0.1) is 0 Å². The van der Waals surface area contributed by atoms with E-state index in [1.807, 2.05) is 48.5 Å². The Kier molecular flexibility index (Phi) is 6.50. The molecular weight excluding hydrogens is 493 g/mol. The highest BCUT2D eigenvalue weighted by molar-refractivity contribution is 5.81. The molecule has 4 heterocycles. The van der Waals surface area contributed by atoms with Crippen LogP contribution in [0.15, 0.2) is 60.7 Å². The number of aliphatic hydroxyl groups excluding tert-OH is 1. The molecule has 4 N–H and O–H groups in total. The van der Waals surface area contributed by atoms with Crippen LogP contribution in [0.3, 0.4) is 0 Å². The number of benzene rings is 2. The third-order valence-corrected chi connectivity index (χ3v) is 6.91. The molecular formula is C28H28FN3O6. The summed E-state index contributed by atoms with van der Waals surface area (Å²) in [5, 5.41) is 10.0. The summed E-state index contributed by atoms with van der Waals surface area (Å²) in [7, 11) is 1.63. The molecule has 2 fully saturated rings. The molecule has 0 bridgehead atoms. The van der Waals surface area contributed by atoms with Crippen LogP contribution in [0.5, 0.6) is 11.6 Å². The van der Waals surface area contributed by atoms with Crippen molar-refractivity contribution < 1.29 is 33.2 Å². The Bertz CT molecular complexity index is 1440. The van der Waals surface area contributed by atoms with Crippen LogP contribution in [0, 0.1) is 5.82 Å². The number of H-pyrrole nitrogens is 1. The molecule has 4 atom stereocenters. The van der Waals surface area contributed by atoms with Crippen molar-refractivity contribution in [3.63, 3.8) is 0 Å². The van der Waals surface area contributed by atoms with Gasteiger partial charge in [0.25, 0.3) is 0 Å². The van der Waals surface area contributed by atoms with Gasteiger partial charge in [-0.25, -0.2) is 9.37 Å². The van der Waals surface area contributed by atoms with Crippen molar-refractivity contribution in [2.45, 2.75) is 24.0 Å². The summed E-state index contributed by atoms with van der Waals surface area (Å²) in [6, 6.07) is 18.4. The number of aromatic nitrogens is 2. The van der Waals surface area contributed by atoms with Gasteiger partial charge in [0.05, 0.1) is 30.9 Å². The fraction of sp³-hybridized carbons (Fsp3) is 0.321. The molecule has 9 nitrogen and oxygen atoms in total. The van der Waals surface area contributed by atoms with E-state index in [0.29, 0.717) is 35.7 Å². The zero-order valence-corrected chi connectivity index (χ0v) is 20.7.